The smallest absolute Gasteiger partial charge is 0.512 e. The third kappa shape index (κ3) is 6.66. The van der Waals surface area contributed by atoms with Crippen LogP contribution in [0.4, 0.5) is 34.1 Å². The first kappa shape index (κ1) is 31.9. The van der Waals surface area contributed by atoms with Crippen molar-refractivity contribution < 1.29 is 21.1 Å². The summed E-state index contributed by atoms with van der Waals surface area (Å²) >= 11 is 0. The molecular formula is C37H37N5Pt. The summed E-state index contributed by atoms with van der Waals surface area (Å²) in [4.78, 5) is 8.74. The first-order chi connectivity index (χ1) is 20.1. The molecule has 220 valence electrons. The summed E-state index contributed by atoms with van der Waals surface area (Å²) in [5.74, 6) is 0. The van der Waals surface area contributed by atoms with E-state index in [9.17, 15) is 0 Å². The van der Waals surface area contributed by atoms with Gasteiger partial charge in [0.2, 0.25) is 0 Å². The van der Waals surface area contributed by atoms with Crippen molar-refractivity contribution in [2.24, 2.45) is 0 Å². The Kier molecular flexibility index (Phi) is 9.43. The van der Waals surface area contributed by atoms with Gasteiger partial charge in [0.05, 0.1) is 0 Å². The molecule has 0 spiro atoms. The van der Waals surface area contributed by atoms with Crippen molar-refractivity contribution in [1.29, 1.82) is 5.26 Å². The Morgan fingerprint density at radius 1 is 0.558 bits per heavy atom. The van der Waals surface area contributed by atoms with Crippen LogP contribution in [0.15, 0.2) is 103 Å². The minimum Gasteiger partial charge on any atom is -0.512 e. The second-order valence-corrected chi connectivity index (χ2v) is 12.6. The van der Waals surface area contributed by atoms with Crippen LogP contribution in [0.5, 0.6) is 0 Å². The number of benzene rings is 4. The van der Waals surface area contributed by atoms with E-state index in [-0.39, 0.29) is 31.9 Å². The van der Waals surface area contributed by atoms with Crippen molar-refractivity contribution in [3.8, 4) is 0 Å². The molecule has 0 aromatic heterocycles. The molecule has 6 heteroatoms. The third-order valence-electron chi connectivity index (χ3n) is 7.61. The number of hydrogen-bond donors (Lipinski definition) is 0. The Morgan fingerprint density at radius 2 is 1.05 bits per heavy atom. The summed E-state index contributed by atoms with van der Waals surface area (Å²) in [7, 11) is 0. The fourth-order valence-corrected chi connectivity index (χ4v) is 5.15. The van der Waals surface area contributed by atoms with Gasteiger partial charge < -0.3 is 31.4 Å². The molecule has 0 fully saturated rings. The summed E-state index contributed by atoms with van der Waals surface area (Å²) in [5, 5.41) is 6.25. The molecule has 0 saturated heterocycles. The second kappa shape index (κ2) is 12.7. The van der Waals surface area contributed by atoms with Gasteiger partial charge in [-0.3, -0.25) is 0 Å². The molecule has 43 heavy (non-hydrogen) atoms. The van der Waals surface area contributed by atoms with Gasteiger partial charge >= 0.3 is 21.1 Å². The zero-order valence-corrected chi connectivity index (χ0v) is 27.8. The SMILES string of the molecule is CC(C)(C)c1ccc(N2C=CN(c3[c-]c(N4[CH-]N(c5ccc(C(C)(C)C)cc5)c5ccccc54)ccc3)[CH-]2)cc1.[C-]#N.[Pt+4]. The third-order valence-corrected chi connectivity index (χ3v) is 7.61. The van der Waals surface area contributed by atoms with Gasteiger partial charge in [0, 0.05) is 22.7 Å². The van der Waals surface area contributed by atoms with Gasteiger partial charge in [-0.1, -0.05) is 77.9 Å². The fraction of sp³-hybridized carbons (Fsp3) is 0.216. The molecule has 0 N–H and O–H groups in total. The van der Waals surface area contributed by atoms with Crippen LogP contribution in [0.25, 0.3) is 0 Å². The van der Waals surface area contributed by atoms with Crippen molar-refractivity contribution >= 4 is 34.1 Å². The molecule has 0 aliphatic carbocycles. The summed E-state index contributed by atoms with van der Waals surface area (Å²) in [6, 6.07) is 36.2. The number of rotatable bonds is 4. The van der Waals surface area contributed by atoms with Gasteiger partial charge in [-0.05, 0) is 70.8 Å². The molecular weight excluding hydrogens is 710 g/mol. The molecule has 0 radical (unpaired) electrons. The van der Waals surface area contributed by atoms with Gasteiger partial charge in [0.25, 0.3) is 0 Å². The normalized spacial score (nSPS) is 14.2. The summed E-state index contributed by atoms with van der Waals surface area (Å²) in [6.07, 6.45) is 4.17. The molecule has 4 aromatic carbocycles. The second-order valence-electron chi connectivity index (χ2n) is 12.6. The zero-order valence-electron chi connectivity index (χ0n) is 25.5. The number of nitrogens with zero attached hydrogens (tertiary/aromatic N) is 5. The largest absolute Gasteiger partial charge is 4.00 e. The molecule has 2 heterocycles. The zero-order chi connectivity index (χ0) is 30.1. The predicted octanol–water partition coefficient (Wildman–Crippen LogP) is 9.50. The molecule has 2 aliphatic rings. The van der Waals surface area contributed by atoms with Gasteiger partial charge in [-0.25, -0.2) is 0 Å². The van der Waals surface area contributed by atoms with E-state index in [1.165, 1.54) is 11.1 Å². The standard InChI is InChI=1S/C36H37N4.CN.Pt/c1-35(2,3)27-14-18-29(19-15-27)37-22-23-38(25-37)31-10-9-11-32(24-31)40-26-39(33-12-7-8-13-34(33)40)30-20-16-28(17-21-30)36(4,5)6;1-2;/h7-23,25-26H,1-6H3;;/q-3;-1;+4. The molecule has 0 bridgehead atoms. The Morgan fingerprint density at radius 3 is 1.60 bits per heavy atom. The van der Waals surface area contributed by atoms with Gasteiger partial charge in [0.1, 0.15) is 0 Å². The first-order valence-electron chi connectivity index (χ1n) is 14.2. The Labute approximate surface area is 271 Å². The van der Waals surface area contributed by atoms with E-state index in [0.717, 1.165) is 34.1 Å². The van der Waals surface area contributed by atoms with Gasteiger partial charge in [0.15, 0.2) is 0 Å². The maximum Gasteiger partial charge on any atom is 4.00 e. The number of anilines is 6. The van der Waals surface area contributed by atoms with Crippen LogP contribution in [0.1, 0.15) is 52.7 Å². The molecule has 0 saturated carbocycles. The number of para-hydroxylation sites is 2. The molecule has 5 nitrogen and oxygen atoms in total. The maximum absolute atomic E-state index is 6.25. The van der Waals surface area contributed by atoms with Crippen LogP contribution in [0.2, 0.25) is 0 Å². The molecule has 0 amide bonds. The van der Waals surface area contributed by atoms with Crippen LogP contribution in [-0.4, -0.2) is 0 Å². The molecule has 0 unspecified atom stereocenters. The monoisotopic (exact) mass is 746 g/mol. The summed E-state index contributed by atoms with van der Waals surface area (Å²) in [6.45, 7) is 22.5. The van der Waals surface area contributed by atoms with Crippen molar-refractivity contribution in [2.75, 3.05) is 19.6 Å². The van der Waals surface area contributed by atoms with Crippen LogP contribution in [-0.2, 0) is 31.9 Å². The van der Waals surface area contributed by atoms with E-state index in [2.05, 4.69) is 184 Å². The Hall–Kier alpha value is -4.00. The van der Waals surface area contributed by atoms with E-state index in [0.29, 0.717) is 0 Å². The van der Waals surface area contributed by atoms with Crippen molar-refractivity contribution in [2.45, 2.75) is 52.4 Å². The van der Waals surface area contributed by atoms with E-state index in [1.54, 1.807) is 0 Å². The van der Waals surface area contributed by atoms with E-state index >= 15 is 0 Å². The summed E-state index contributed by atoms with van der Waals surface area (Å²) < 4.78 is 0. The van der Waals surface area contributed by atoms with Crippen LogP contribution in [0, 0.1) is 31.2 Å². The van der Waals surface area contributed by atoms with Gasteiger partial charge in [-0.15, -0.1) is 42.9 Å². The van der Waals surface area contributed by atoms with E-state index < -0.39 is 0 Å². The average molecular weight is 747 g/mol. The number of hydrogen-bond acceptors (Lipinski definition) is 5. The Bertz CT molecular complexity index is 1580. The quantitative estimate of drug-likeness (QED) is 0.195. The Balaban J connectivity index is 0.00000138. The maximum atomic E-state index is 6.25. The fourth-order valence-electron chi connectivity index (χ4n) is 5.15. The average Bonchev–Trinajstić information content (AvgIpc) is 3.64. The summed E-state index contributed by atoms with van der Waals surface area (Å²) in [5.41, 5.74) is 9.48. The molecule has 0 atom stereocenters. The van der Waals surface area contributed by atoms with Crippen molar-refractivity contribution in [3.05, 3.63) is 140 Å². The van der Waals surface area contributed by atoms with E-state index in [1.807, 2.05) is 0 Å². The molecule has 6 rings (SSSR count). The number of fused-ring (bicyclic) bond motifs is 1. The predicted molar refractivity (Wildman–Crippen MR) is 174 cm³/mol. The van der Waals surface area contributed by atoms with Crippen LogP contribution >= 0.6 is 0 Å². The molecule has 2 aliphatic heterocycles. The van der Waals surface area contributed by atoms with Gasteiger partial charge in [-0.2, -0.15) is 6.07 Å². The minimum absolute atomic E-state index is 0. The van der Waals surface area contributed by atoms with Crippen molar-refractivity contribution in [1.82, 2.24) is 0 Å². The van der Waals surface area contributed by atoms with Crippen molar-refractivity contribution in [3.63, 3.8) is 0 Å². The minimum atomic E-state index is 0. The molecule has 4 aromatic rings. The van der Waals surface area contributed by atoms with Crippen LogP contribution in [0.3, 0.4) is 0 Å². The first-order valence-corrected chi connectivity index (χ1v) is 14.2. The van der Waals surface area contributed by atoms with E-state index in [4.69, 9.17) is 11.8 Å². The van der Waals surface area contributed by atoms with Crippen LogP contribution < -0.4 is 19.6 Å². The topological polar surface area (TPSA) is 36.8 Å².